The van der Waals surface area contributed by atoms with Gasteiger partial charge < -0.3 is 19.5 Å². The molecule has 1 unspecified atom stereocenters. The first-order valence-corrected chi connectivity index (χ1v) is 9.78. The number of amides is 1. The third kappa shape index (κ3) is 3.73. The van der Waals surface area contributed by atoms with E-state index in [0.717, 1.165) is 5.56 Å². The summed E-state index contributed by atoms with van der Waals surface area (Å²) < 4.78 is 16.4. The van der Waals surface area contributed by atoms with Crippen LogP contribution in [0.4, 0.5) is 0 Å². The molecule has 0 radical (unpaired) electrons. The van der Waals surface area contributed by atoms with Crippen LogP contribution in [0.25, 0.3) is 0 Å². The van der Waals surface area contributed by atoms with E-state index in [9.17, 15) is 9.59 Å². The minimum Gasteiger partial charge on any atom is -0.457 e. The molecule has 1 atom stereocenters. The third-order valence-electron chi connectivity index (χ3n) is 4.93. The molecule has 4 rings (SSSR count). The minimum absolute atomic E-state index is 0.120. The molecule has 0 saturated heterocycles. The van der Waals surface area contributed by atoms with Crippen LogP contribution in [0, 0.1) is 0 Å². The van der Waals surface area contributed by atoms with Gasteiger partial charge in [-0.05, 0) is 42.4 Å². The number of allylic oxidation sites excluding steroid dienone is 1. The molecule has 7 nitrogen and oxygen atoms in total. The van der Waals surface area contributed by atoms with E-state index < -0.39 is 12.0 Å². The van der Waals surface area contributed by atoms with Crippen LogP contribution in [0.1, 0.15) is 31.0 Å². The monoisotopic (exact) mass is 424 g/mol. The molecular weight excluding hydrogens is 404 g/mol. The molecule has 2 aromatic rings. The van der Waals surface area contributed by atoms with E-state index in [1.54, 1.807) is 25.1 Å². The highest BCUT2D eigenvalue weighted by Gasteiger charge is 2.39. The number of hydrogen-bond donors (Lipinski definition) is 1. The molecule has 154 valence electrons. The Labute approximate surface area is 179 Å². The number of esters is 1. The van der Waals surface area contributed by atoms with Crippen LogP contribution >= 0.6 is 12.2 Å². The summed E-state index contributed by atoms with van der Waals surface area (Å²) in [5, 5.41) is 3.18. The second kappa shape index (κ2) is 8.16. The molecule has 2 heterocycles. The van der Waals surface area contributed by atoms with Crippen molar-refractivity contribution >= 4 is 29.2 Å². The Bertz CT molecular complexity index is 1050. The Morgan fingerprint density at radius 3 is 2.63 bits per heavy atom. The highest BCUT2D eigenvalue weighted by atomic mass is 32.1. The molecule has 2 aliphatic heterocycles. The zero-order valence-corrected chi connectivity index (χ0v) is 17.3. The second-order valence-corrected chi connectivity index (χ2v) is 7.32. The van der Waals surface area contributed by atoms with Crippen molar-refractivity contribution in [1.82, 2.24) is 10.2 Å². The Kier molecular flexibility index (Phi) is 5.41. The maximum atomic E-state index is 13.1. The molecule has 30 heavy (non-hydrogen) atoms. The highest BCUT2D eigenvalue weighted by Crippen LogP contribution is 2.40. The normalized spacial score (nSPS) is 17.6. The lowest BCUT2D eigenvalue weighted by atomic mass is 9.93. The Morgan fingerprint density at radius 1 is 1.17 bits per heavy atom. The molecule has 2 aliphatic rings. The zero-order chi connectivity index (χ0) is 21.3. The number of nitrogens with one attached hydrogen (secondary N) is 1. The number of carbonyl (C=O) groups is 2. The SMILES string of the molecule is CC(=O)N1C(=S)NC(C)=C(C(=O)OCc2ccccc2)C1c1ccc2c(c1)OCO2. The second-order valence-electron chi connectivity index (χ2n) is 6.93. The van der Waals surface area contributed by atoms with E-state index in [0.29, 0.717) is 28.3 Å². The maximum absolute atomic E-state index is 13.1. The van der Waals surface area contributed by atoms with Crippen LogP contribution in [0.15, 0.2) is 59.8 Å². The van der Waals surface area contributed by atoms with E-state index in [1.807, 2.05) is 30.3 Å². The predicted octanol–water partition coefficient (Wildman–Crippen LogP) is 3.21. The molecule has 8 heteroatoms. The standard InChI is InChI=1S/C22H20N2O5S/c1-13-19(21(26)27-11-15-6-4-3-5-7-15)20(24(14(2)25)22(30)23-13)16-8-9-17-18(10-16)29-12-28-17/h3-10,20H,11-12H2,1-2H3,(H,23,30). The summed E-state index contributed by atoms with van der Waals surface area (Å²) in [4.78, 5) is 26.9. The number of hydrogen-bond acceptors (Lipinski definition) is 6. The number of thiocarbonyl (C=S) groups is 1. The van der Waals surface area contributed by atoms with Crippen molar-refractivity contribution in [3.8, 4) is 11.5 Å². The van der Waals surface area contributed by atoms with Crippen LogP contribution in [0.3, 0.4) is 0 Å². The molecule has 0 spiro atoms. The van der Waals surface area contributed by atoms with E-state index in [-0.39, 0.29) is 24.4 Å². The van der Waals surface area contributed by atoms with Crippen molar-refractivity contribution in [2.24, 2.45) is 0 Å². The average Bonchev–Trinajstić information content (AvgIpc) is 3.19. The van der Waals surface area contributed by atoms with Gasteiger partial charge in [-0.2, -0.15) is 0 Å². The van der Waals surface area contributed by atoms with Gasteiger partial charge in [0.15, 0.2) is 16.6 Å². The molecule has 0 aromatic heterocycles. The lowest BCUT2D eigenvalue weighted by Crippen LogP contribution is -2.50. The van der Waals surface area contributed by atoms with Gasteiger partial charge in [0.1, 0.15) is 6.61 Å². The van der Waals surface area contributed by atoms with E-state index >= 15 is 0 Å². The molecule has 0 saturated carbocycles. The first-order chi connectivity index (χ1) is 14.5. The smallest absolute Gasteiger partial charge is 0.338 e. The third-order valence-corrected chi connectivity index (χ3v) is 5.23. The Balaban J connectivity index is 1.71. The average molecular weight is 424 g/mol. The summed E-state index contributed by atoms with van der Waals surface area (Å²) in [7, 11) is 0. The maximum Gasteiger partial charge on any atom is 0.338 e. The van der Waals surface area contributed by atoms with Gasteiger partial charge >= 0.3 is 5.97 Å². The molecule has 2 aromatic carbocycles. The molecule has 0 aliphatic carbocycles. The first-order valence-electron chi connectivity index (χ1n) is 9.38. The fraction of sp³-hybridized carbons (Fsp3) is 0.227. The van der Waals surface area contributed by atoms with Gasteiger partial charge in [0.25, 0.3) is 0 Å². The quantitative estimate of drug-likeness (QED) is 0.597. The molecule has 0 bridgehead atoms. The Morgan fingerprint density at radius 2 is 1.90 bits per heavy atom. The molecule has 1 amide bonds. The number of carbonyl (C=O) groups excluding carboxylic acids is 2. The van der Waals surface area contributed by atoms with Gasteiger partial charge in [-0.1, -0.05) is 36.4 Å². The van der Waals surface area contributed by atoms with Crippen molar-refractivity contribution in [1.29, 1.82) is 0 Å². The largest absolute Gasteiger partial charge is 0.457 e. The predicted molar refractivity (Wildman–Crippen MR) is 112 cm³/mol. The van der Waals surface area contributed by atoms with Crippen LogP contribution in [0.5, 0.6) is 11.5 Å². The fourth-order valence-corrected chi connectivity index (χ4v) is 3.92. The van der Waals surface area contributed by atoms with E-state index in [4.69, 9.17) is 26.4 Å². The molecule has 0 fully saturated rings. The van der Waals surface area contributed by atoms with Crippen LogP contribution in [-0.4, -0.2) is 28.7 Å². The van der Waals surface area contributed by atoms with Gasteiger partial charge in [0.2, 0.25) is 12.7 Å². The summed E-state index contributed by atoms with van der Waals surface area (Å²) in [6.07, 6.45) is 0. The highest BCUT2D eigenvalue weighted by molar-refractivity contribution is 7.80. The summed E-state index contributed by atoms with van der Waals surface area (Å²) in [6, 6.07) is 14.0. The van der Waals surface area contributed by atoms with Gasteiger partial charge in [0, 0.05) is 12.6 Å². The summed E-state index contributed by atoms with van der Waals surface area (Å²) in [5.74, 6) is 0.338. The minimum atomic E-state index is -0.742. The van der Waals surface area contributed by atoms with Crippen LogP contribution in [0.2, 0.25) is 0 Å². The number of rotatable bonds is 4. The van der Waals surface area contributed by atoms with E-state index in [2.05, 4.69) is 5.32 Å². The van der Waals surface area contributed by atoms with Crippen molar-refractivity contribution < 1.29 is 23.8 Å². The van der Waals surface area contributed by atoms with Crippen molar-refractivity contribution in [2.75, 3.05) is 6.79 Å². The molecule has 1 N–H and O–H groups in total. The number of benzene rings is 2. The van der Waals surface area contributed by atoms with Crippen molar-refractivity contribution in [2.45, 2.75) is 26.5 Å². The first kappa shape index (κ1) is 19.9. The Hall–Kier alpha value is -3.39. The topological polar surface area (TPSA) is 77.1 Å². The van der Waals surface area contributed by atoms with Gasteiger partial charge in [-0.15, -0.1) is 0 Å². The lowest BCUT2D eigenvalue weighted by molar-refractivity contribution is -0.141. The van der Waals surface area contributed by atoms with Gasteiger partial charge in [-0.25, -0.2) is 4.79 Å². The number of nitrogens with zero attached hydrogens (tertiary/aromatic N) is 1. The molecular formula is C22H20N2O5S. The summed E-state index contributed by atoms with van der Waals surface area (Å²) in [6.45, 7) is 3.39. The van der Waals surface area contributed by atoms with Crippen molar-refractivity contribution in [3.05, 3.63) is 70.9 Å². The van der Waals surface area contributed by atoms with Crippen molar-refractivity contribution in [3.63, 3.8) is 0 Å². The van der Waals surface area contributed by atoms with Crippen LogP contribution < -0.4 is 14.8 Å². The summed E-state index contributed by atoms with van der Waals surface area (Å²) >= 11 is 5.39. The summed E-state index contributed by atoms with van der Waals surface area (Å²) in [5.41, 5.74) is 2.39. The fourth-order valence-electron chi connectivity index (χ4n) is 3.53. The lowest BCUT2D eigenvalue weighted by Gasteiger charge is -2.37. The van der Waals surface area contributed by atoms with Gasteiger partial charge in [0.05, 0.1) is 11.6 Å². The zero-order valence-electron chi connectivity index (χ0n) is 16.5. The van der Waals surface area contributed by atoms with E-state index in [1.165, 1.54) is 11.8 Å². The number of ether oxygens (including phenoxy) is 3. The van der Waals surface area contributed by atoms with Crippen LogP contribution in [-0.2, 0) is 20.9 Å². The number of fused-ring (bicyclic) bond motifs is 1. The van der Waals surface area contributed by atoms with Gasteiger partial charge in [-0.3, -0.25) is 9.69 Å².